The second-order valence-electron chi connectivity index (χ2n) is 6.66. The van der Waals surface area contributed by atoms with Gasteiger partial charge in [-0.05, 0) is 52.5 Å². The summed E-state index contributed by atoms with van der Waals surface area (Å²) in [4.78, 5) is 11.4. The van der Waals surface area contributed by atoms with E-state index in [2.05, 4.69) is 21.2 Å². The molecule has 5 nitrogen and oxygen atoms in total. The Balaban J connectivity index is 2.18. The summed E-state index contributed by atoms with van der Waals surface area (Å²) in [6, 6.07) is 10.7. The predicted octanol–water partition coefficient (Wildman–Crippen LogP) is 5.28. The molecule has 1 unspecified atom stereocenters. The molecule has 0 radical (unpaired) electrons. The second kappa shape index (κ2) is 10.7. The maximum atomic E-state index is 11.4. The quantitative estimate of drug-likeness (QED) is 0.494. The van der Waals surface area contributed by atoms with Crippen molar-refractivity contribution in [3.05, 3.63) is 57.0 Å². The monoisotopic (exact) mass is 469 g/mol. The number of ether oxygens (including phenoxy) is 2. The molecule has 0 aromatic heterocycles. The summed E-state index contributed by atoms with van der Waals surface area (Å²) >= 11 is 9.74. The number of hydrogen-bond acceptors (Lipinski definition) is 4. The molecule has 0 heterocycles. The van der Waals surface area contributed by atoms with Gasteiger partial charge in [0.15, 0.2) is 11.5 Å². The molecule has 0 amide bonds. The van der Waals surface area contributed by atoms with E-state index in [0.29, 0.717) is 36.3 Å². The number of carbonyl (C=O) groups is 1. The third kappa shape index (κ3) is 6.12. The van der Waals surface area contributed by atoms with E-state index in [1.807, 2.05) is 57.2 Å². The Morgan fingerprint density at radius 1 is 1.25 bits per heavy atom. The van der Waals surface area contributed by atoms with Crippen LogP contribution in [-0.2, 0) is 17.9 Å². The summed E-state index contributed by atoms with van der Waals surface area (Å²) < 4.78 is 12.5. The maximum absolute atomic E-state index is 11.4. The highest BCUT2D eigenvalue weighted by atomic mass is 79.9. The minimum Gasteiger partial charge on any atom is -0.490 e. The molecular weight excluding hydrogens is 446 g/mol. The standard InChI is InChI=1S/C21H25BrClNO4/c1-4-27-18-10-14(11-24-19(13(2)3)21(25)26)9-16(22)20(18)28-12-15-7-5-6-8-17(15)23/h5-10,13,19,24H,4,11-12H2,1-3H3,(H,25,26). The van der Waals surface area contributed by atoms with Crippen LogP contribution in [0.1, 0.15) is 31.9 Å². The van der Waals surface area contributed by atoms with Gasteiger partial charge in [-0.25, -0.2) is 0 Å². The van der Waals surface area contributed by atoms with E-state index in [9.17, 15) is 9.90 Å². The molecule has 0 bridgehead atoms. The molecule has 7 heteroatoms. The van der Waals surface area contributed by atoms with Crippen LogP contribution >= 0.6 is 27.5 Å². The molecule has 2 rings (SSSR count). The fourth-order valence-electron chi connectivity index (χ4n) is 2.73. The first kappa shape index (κ1) is 22.5. The van der Waals surface area contributed by atoms with Crippen molar-refractivity contribution in [2.75, 3.05) is 6.61 Å². The number of carboxylic acid groups (broad SMARTS) is 1. The summed E-state index contributed by atoms with van der Waals surface area (Å²) in [6.45, 7) is 6.84. The van der Waals surface area contributed by atoms with Gasteiger partial charge in [0.1, 0.15) is 12.6 Å². The molecule has 0 saturated heterocycles. The van der Waals surface area contributed by atoms with Crippen molar-refractivity contribution in [1.29, 1.82) is 0 Å². The average Bonchev–Trinajstić information content (AvgIpc) is 2.62. The van der Waals surface area contributed by atoms with E-state index in [4.69, 9.17) is 21.1 Å². The molecule has 0 aliphatic rings. The smallest absolute Gasteiger partial charge is 0.320 e. The van der Waals surface area contributed by atoms with Crippen LogP contribution in [0.2, 0.25) is 5.02 Å². The predicted molar refractivity (Wildman–Crippen MR) is 114 cm³/mol. The first-order valence-electron chi connectivity index (χ1n) is 9.11. The SMILES string of the molecule is CCOc1cc(CNC(C(=O)O)C(C)C)cc(Br)c1OCc1ccccc1Cl. The number of benzene rings is 2. The van der Waals surface area contributed by atoms with E-state index in [-0.39, 0.29) is 5.92 Å². The molecule has 0 fully saturated rings. The molecule has 2 N–H and O–H groups in total. The van der Waals surface area contributed by atoms with Gasteiger partial charge in [-0.3, -0.25) is 4.79 Å². The topological polar surface area (TPSA) is 67.8 Å². The molecule has 0 aliphatic carbocycles. The van der Waals surface area contributed by atoms with Gasteiger partial charge < -0.3 is 19.9 Å². The highest BCUT2D eigenvalue weighted by Crippen LogP contribution is 2.38. The number of aliphatic carboxylic acids is 1. The Morgan fingerprint density at radius 3 is 2.57 bits per heavy atom. The van der Waals surface area contributed by atoms with E-state index in [1.165, 1.54) is 0 Å². The summed E-state index contributed by atoms with van der Waals surface area (Å²) in [7, 11) is 0. The number of halogens is 2. The highest BCUT2D eigenvalue weighted by molar-refractivity contribution is 9.10. The first-order chi connectivity index (χ1) is 13.3. The maximum Gasteiger partial charge on any atom is 0.320 e. The third-order valence-corrected chi connectivity index (χ3v) is 5.12. The Hall–Kier alpha value is -1.76. The van der Waals surface area contributed by atoms with Gasteiger partial charge in [-0.15, -0.1) is 0 Å². The van der Waals surface area contributed by atoms with E-state index < -0.39 is 12.0 Å². The Labute approximate surface area is 179 Å². The minimum absolute atomic E-state index is 0.0227. The molecule has 0 aliphatic heterocycles. The fraction of sp³-hybridized carbons (Fsp3) is 0.381. The Kier molecular flexibility index (Phi) is 8.60. The molecular formula is C21H25BrClNO4. The zero-order valence-corrected chi connectivity index (χ0v) is 18.5. The van der Waals surface area contributed by atoms with Crippen molar-refractivity contribution >= 4 is 33.5 Å². The van der Waals surface area contributed by atoms with Gasteiger partial charge in [0.25, 0.3) is 0 Å². The lowest BCUT2D eigenvalue weighted by Crippen LogP contribution is -2.40. The largest absolute Gasteiger partial charge is 0.490 e. The normalized spacial score (nSPS) is 12.1. The van der Waals surface area contributed by atoms with E-state index in [1.54, 1.807) is 0 Å². The zero-order valence-electron chi connectivity index (χ0n) is 16.2. The van der Waals surface area contributed by atoms with Crippen LogP contribution in [0, 0.1) is 5.92 Å². The van der Waals surface area contributed by atoms with Crippen molar-refractivity contribution in [1.82, 2.24) is 5.32 Å². The van der Waals surface area contributed by atoms with Crippen LogP contribution in [0.4, 0.5) is 0 Å². The van der Waals surface area contributed by atoms with Crippen LogP contribution in [-0.4, -0.2) is 23.7 Å². The van der Waals surface area contributed by atoms with Crippen LogP contribution in [0.15, 0.2) is 40.9 Å². The van der Waals surface area contributed by atoms with Gasteiger partial charge >= 0.3 is 5.97 Å². The second-order valence-corrected chi connectivity index (χ2v) is 7.92. The van der Waals surface area contributed by atoms with Crippen molar-refractivity contribution in [2.24, 2.45) is 5.92 Å². The average molecular weight is 471 g/mol. The molecule has 2 aromatic carbocycles. The molecule has 28 heavy (non-hydrogen) atoms. The highest BCUT2D eigenvalue weighted by Gasteiger charge is 2.21. The van der Waals surface area contributed by atoms with Crippen molar-refractivity contribution in [3.63, 3.8) is 0 Å². The number of rotatable bonds is 10. The first-order valence-corrected chi connectivity index (χ1v) is 10.3. The van der Waals surface area contributed by atoms with Crippen LogP contribution < -0.4 is 14.8 Å². The minimum atomic E-state index is -0.862. The summed E-state index contributed by atoms with van der Waals surface area (Å²) in [5.41, 5.74) is 1.78. The molecule has 152 valence electrons. The summed E-state index contributed by atoms with van der Waals surface area (Å²) in [5.74, 6) is 0.297. The lowest BCUT2D eigenvalue weighted by molar-refractivity contribution is -0.140. The lowest BCUT2D eigenvalue weighted by Gasteiger charge is -2.19. The number of nitrogens with one attached hydrogen (secondary N) is 1. The van der Waals surface area contributed by atoms with Crippen LogP contribution in [0.5, 0.6) is 11.5 Å². The van der Waals surface area contributed by atoms with Crippen LogP contribution in [0.3, 0.4) is 0 Å². The van der Waals surface area contributed by atoms with Crippen LogP contribution in [0.25, 0.3) is 0 Å². The lowest BCUT2D eigenvalue weighted by atomic mass is 10.0. The van der Waals surface area contributed by atoms with E-state index >= 15 is 0 Å². The molecule has 0 spiro atoms. The molecule has 2 aromatic rings. The fourth-order valence-corrected chi connectivity index (χ4v) is 3.52. The van der Waals surface area contributed by atoms with Gasteiger partial charge in [0.2, 0.25) is 0 Å². The van der Waals surface area contributed by atoms with Crippen molar-refractivity contribution < 1.29 is 19.4 Å². The summed E-state index contributed by atoms with van der Waals surface area (Å²) in [6.07, 6.45) is 0. The Bertz CT molecular complexity index is 813. The van der Waals surface area contributed by atoms with E-state index in [0.717, 1.165) is 15.6 Å². The van der Waals surface area contributed by atoms with Gasteiger partial charge in [0.05, 0.1) is 11.1 Å². The van der Waals surface area contributed by atoms with Gasteiger partial charge in [0, 0.05) is 17.1 Å². The van der Waals surface area contributed by atoms with Gasteiger partial charge in [-0.1, -0.05) is 43.6 Å². The zero-order chi connectivity index (χ0) is 20.7. The molecule has 1 atom stereocenters. The van der Waals surface area contributed by atoms with Crippen molar-refractivity contribution in [2.45, 2.75) is 40.0 Å². The number of carboxylic acids is 1. The molecule has 0 saturated carbocycles. The Morgan fingerprint density at radius 2 is 1.96 bits per heavy atom. The van der Waals surface area contributed by atoms with Crippen molar-refractivity contribution in [3.8, 4) is 11.5 Å². The third-order valence-electron chi connectivity index (χ3n) is 4.16. The summed E-state index contributed by atoms with van der Waals surface area (Å²) in [5, 5.41) is 13.1. The van der Waals surface area contributed by atoms with Gasteiger partial charge in [-0.2, -0.15) is 0 Å². The number of hydrogen-bond donors (Lipinski definition) is 2.